The van der Waals surface area contributed by atoms with Crippen LogP contribution in [-0.2, 0) is 21.2 Å². The quantitative estimate of drug-likeness (QED) is 0.234. The third-order valence-corrected chi connectivity index (χ3v) is 7.56. The lowest BCUT2D eigenvalue weighted by molar-refractivity contribution is -0.131. The molecule has 0 fully saturated rings. The van der Waals surface area contributed by atoms with Crippen LogP contribution in [-0.4, -0.2) is 60.5 Å². The number of hydroxylamine groups is 1. The fourth-order valence-electron chi connectivity index (χ4n) is 3.18. The number of ether oxygens (including phenoxy) is 2. The molecule has 33 heavy (non-hydrogen) atoms. The molecule has 1 heterocycles. The lowest BCUT2D eigenvalue weighted by atomic mass is 10.0. The van der Waals surface area contributed by atoms with Crippen LogP contribution < -0.4 is 20.5 Å². The number of rotatable bonds is 12. The predicted molar refractivity (Wildman–Crippen MR) is 122 cm³/mol. The molecule has 1 aromatic carbocycles. The Morgan fingerprint density at radius 2 is 1.94 bits per heavy atom. The van der Waals surface area contributed by atoms with E-state index in [0.29, 0.717) is 35.7 Å². The van der Waals surface area contributed by atoms with E-state index in [4.69, 9.17) is 19.8 Å². The van der Waals surface area contributed by atoms with Gasteiger partial charge in [0, 0.05) is 43.3 Å². The van der Waals surface area contributed by atoms with Crippen LogP contribution in [0.3, 0.4) is 0 Å². The Balaban J connectivity index is 2.23. The molecule has 0 aliphatic rings. The van der Waals surface area contributed by atoms with Crippen molar-refractivity contribution in [1.29, 1.82) is 0 Å². The number of benzene rings is 1. The number of aliphatic hydroxyl groups excluding tert-OH is 1. The Kier molecular flexibility index (Phi) is 9.03. The molecule has 0 saturated carbocycles. The lowest BCUT2D eigenvalue weighted by Crippen LogP contribution is -2.49. The summed E-state index contributed by atoms with van der Waals surface area (Å²) in [6.07, 6.45) is 3.58. The second-order valence-corrected chi connectivity index (χ2v) is 10.2. The number of pyridine rings is 1. The number of methoxy groups -OCH3 is 1. The molecule has 2 aromatic rings. The average Bonchev–Trinajstić information content (AvgIpc) is 2.79. The van der Waals surface area contributed by atoms with Gasteiger partial charge in [-0.3, -0.25) is 14.8 Å². The highest BCUT2D eigenvalue weighted by Gasteiger charge is 2.43. The molecule has 3 N–H and O–H groups in total. The minimum Gasteiger partial charge on any atom is -0.496 e. The van der Waals surface area contributed by atoms with Gasteiger partial charge in [-0.2, -0.15) is 0 Å². The summed E-state index contributed by atoms with van der Waals surface area (Å²) in [4.78, 5) is 24.6. The van der Waals surface area contributed by atoms with Crippen LogP contribution in [0.15, 0.2) is 41.3 Å². The number of carbonyl (C=O) groups excluding carboxylic acids is 1. The minimum absolute atomic E-state index is 0.0478. The van der Waals surface area contributed by atoms with Crippen molar-refractivity contribution in [3.05, 3.63) is 46.9 Å². The van der Waals surface area contributed by atoms with Crippen molar-refractivity contribution >= 4 is 15.7 Å². The van der Waals surface area contributed by atoms with Crippen LogP contribution in [0, 0.1) is 0 Å². The zero-order valence-corrected chi connectivity index (χ0v) is 19.7. The van der Waals surface area contributed by atoms with Gasteiger partial charge in [0.05, 0.1) is 13.7 Å². The van der Waals surface area contributed by atoms with Crippen LogP contribution >= 0.6 is 0 Å². The minimum atomic E-state index is -3.86. The van der Waals surface area contributed by atoms with E-state index < -0.39 is 20.5 Å². The molecule has 0 aliphatic heterocycles. The van der Waals surface area contributed by atoms with E-state index in [-0.39, 0.29) is 25.1 Å². The standard InChI is InChI=1S/C22H30N2O8S/c1-22(21(27)23-28,33(3,29)30)9-11-24-10-8-16(14-20(24)26)18-7-6-17(15-19(18)31-2)32-13-5-4-12-25/h6-8,10,14-15,25,28H,4-5,9,11-13H2,1-3H3,(H,23,27). The summed E-state index contributed by atoms with van der Waals surface area (Å²) in [6, 6.07) is 8.32. The van der Waals surface area contributed by atoms with Crippen molar-refractivity contribution in [3.8, 4) is 22.6 Å². The van der Waals surface area contributed by atoms with Gasteiger partial charge in [-0.1, -0.05) is 0 Å². The molecular formula is C22H30N2O8S. The molecule has 0 spiro atoms. The van der Waals surface area contributed by atoms with Gasteiger partial charge in [-0.15, -0.1) is 0 Å². The number of hydrogen-bond donors (Lipinski definition) is 3. The molecule has 0 saturated heterocycles. The second-order valence-electron chi connectivity index (χ2n) is 7.78. The Morgan fingerprint density at radius 1 is 1.21 bits per heavy atom. The number of aliphatic hydroxyl groups is 1. The number of sulfone groups is 1. The maximum atomic E-state index is 12.7. The number of carbonyl (C=O) groups is 1. The van der Waals surface area contributed by atoms with Gasteiger partial charge in [0.2, 0.25) is 0 Å². The van der Waals surface area contributed by atoms with Crippen LogP contribution in [0.1, 0.15) is 26.2 Å². The van der Waals surface area contributed by atoms with Crippen molar-refractivity contribution in [3.63, 3.8) is 0 Å². The van der Waals surface area contributed by atoms with Gasteiger partial charge >= 0.3 is 0 Å². The summed E-state index contributed by atoms with van der Waals surface area (Å²) in [5.74, 6) is 0.0539. The van der Waals surface area contributed by atoms with Crippen molar-refractivity contribution in [2.45, 2.75) is 37.5 Å². The Hall–Kier alpha value is -2.89. The normalized spacial score (nSPS) is 13.2. The van der Waals surface area contributed by atoms with Crippen LogP contribution in [0.5, 0.6) is 11.5 Å². The summed E-state index contributed by atoms with van der Waals surface area (Å²) in [6.45, 7) is 1.72. The average molecular weight is 483 g/mol. The van der Waals surface area contributed by atoms with Crippen molar-refractivity contribution in [2.75, 3.05) is 26.6 Å². The van der Waals surface area contributed by atoms with Crippen molar-refractivity contribution < 1.29 is 33.0 Å². The van der Waals surface area contributed by atoms with Crippen molar-refractivity contribution in [1.82, 2.24) is 10.0 Å². The maximum Gasteiger partial charge on any atom is 0.264 e. The first-order chi connectivity index (χ1) is 15.6. The molecule has 1 unspecified atom stereocenters. The van der Waals surface area contributed by atoms with Crippen LogP contribution in [0.25, 0.3) is 11.1 Å². The number of aromatic nitrogens is 1. The summed E-state index contributed by atoms with van der Waals surface area (Å²) in [5, 5.41) is 17.8. The van der Waals surface area contributed by atoms with E-state index in [9.17, 15) is 18.0 Å². The van der Waals surface area contributed by atoms with E-state index >= 15 is 0 Å². The Bertz CT molecular complexity index is 1130. The first-order valence-corrected chi connectivity index (χ1v) is 12.2. The Morgan fingerprint density at radius 3 is 2.52 bits per heavy atom. The maximum absolute atomic E-state index is 12.7. The molecule has 2 rings (SSSR count). The predicted octanol–water partition coefficient (Wildman–Crippen LogP) is 1.37. The number of nitrogens with zero attached hydrogens (tertiary/aromatic N) is 1. The highest BCUT2D eigenvalue weighted by atomic mass is 32.2. The van der Waals surface area contributed by atoms with Gasteiger partial charge < -0.3 is 19.1 Å². The summed E-state index contributed by atoms with van der Waals surface area (Å²) in [7, 11) is -2.35. The van der Waals surface area contributed by atoms with E-state index in [1.165, 1.54) is 36.3 Å². The molecular weight excluding hydrogens is 452 g/mol. The zero-order valence-electron chi connectivity index (χ0n) is 18.9. The molecule has 182 valence electrons. The van der Waals surface area contributed by atoms with Gasteiger partial charge in [0.15, 0.2) is 14.6 Å². The van der Waals surface area contributed by atoms with E-state index in [1.54, 1.807) is 24.3 Å². The summed E-state index contributed by atoms with van der Waals surface area (Å²) < 4.78 is 34.7. The molecule has 0 radical (unpaired) electrons. The first kappa shape index (κ1) is 26.4. The van der Waals surface area contributed by atoms with Gasteiger partial charge in [-0.05, 0) is 49.9 Å². The van der Waals surface area contributed by atoms with Gasteiger partial charge in [0.1, 0.15) is 11.5 Å². The number of nitrogens with one attached hydrogen (secondary N) is 1. The fraction of sp³-hybridized carbons (Fsp3) is 0.455. The molecule has 1 aromatic heterocycles. The first-order valence-electron chi connectivity index (χ1n) is 10.3. The zero-order chi connectivity index (χ0) is 24.6. The van der Waals surface area contributed by atoms with E-state index in [0.717, 1.165) is 12.7 Å². The highest BCUT2D eigenvalue weighted by Crippen LogP contribution is 2.33. The topological polar surface area (TPSA) is 144 Å². The summed E-state index contributed by atoms with van der Waals surface area (Å²) >= 11 is 0. The number of hydrogen-bond acceptors (Lipinski definition) is 8. The molecule has 0 aliphatic carbocycles. The largest absolute Gasteiger partial charge is 0.496 e. The van der Waals surface area contributed by atoms with Gasteiger partial charge in [-0.25, -0.2) is 13.9 Å². The fourth-order valence-corrected chi connectivity index (χ4v) is 4.03. The second kappa shape index (κ2) is 11.3. The van der Waals surface area contributed by atoms with E-state index in [2.05, 4.69) is 0 Å². The molecule has 1 atom stereocenters. The van der Waals surface area contributed by atoms with E-state index in [1.807, 2.05) is 0 Å². The molecule has 11 heteroatoms. The van der Waals surface area contributed by atoms with Crippen LogP contribution in [0.4, 0.5) is 0 Å². The molecule has 0 bridgehead atoms. The number of amides is 1. The van der Waals surface area contributed by atoms with Crippen LogP contribution in [0.2, 0.25) is 0 Å². The highest BCUT2D eigenvalue weighted by molar-refractivity contribution is 7.92. The SMILES string of the molecule is COc1cc(OCCCCO)ccc1-c1ccn(CCC(C)(C(=O)NO)S(C)(=O)=O)c(=O)c1. The lowest BCUT2D eigenvalue weighted by Gasteiger charge is -2.25. The smallest absolute Gasteiger partial charge is 0.264 e. The number of unbranched alkanes of at least 4 members (excludes halogenated alkanes) is 1. The third-order valence-electron chi connectivity index (χ3n) is 5.53. The number of aryl methyl sites for hydroxylation is 1. The Labute approximate surface area is 192 Å². The van der Waals surface area contributed by atoms with Crippen molar-refractivity contribution in [2.24, 2.45) is 0 Å². The van der Waals surface area contributed by atoms with Gasteiger partial charge in [0.25, 0.3) is 11.5 Å². The monoisotopic (exact) mass is 482 g/mol. The molecule has 1 amide bonds. The summed E-state index contributed by atoms with van der Waals surface area (Å²) in [5.41, 5.74) is 2.27. The molecule has 10 nitrogen and oxygen atoms in total. The third kappa shape index (κ3) is 6.34.